The van der Waals surface area contributed by atoms with Crippen LogP contribution < -0.4 is 10.6 Å². The summed E-state index contributed by atoms with van der Waals surface area (Å²) in [6.45, 7) is 0. The Labute approximate surface area is 129 Å². The van der Waals surface area contributed by atoms with E-state index in [1.165, 1.54) is 12.8 Å². The molecule has 1 heterocycles. The Balaban J connectivity index is 1.97. The van der Waals surface area contributed by atoms with Gasteiger partial charge in [0, 0.05) is 23.9 Å². The lowest BCUT2D eigenvalue weighted by Crippen LogP contribution is -2.38. The van der Waals surface area contributed by atoms with Gasteiger partial charge in [-0.1, -0.05) is 11.6 Å². The summed E-state index contributed by atoms with van der Waals surface area (Å²) in [5, 5.41) is 7.07. The molecule has 1 fully saturated rings. The molecule has 1 aromatic heterocycles. The number of carbonyl (C=O) groups excluding carboxylic acids is 1. The Morgan fingerprint density at radius 1 is 1.35 bits per heavy atom. The summed E-state index contributed by atoms with van der Waals surface area (Å²) in [5.74, 6) is 0.534. The zero-order chi connectivity index (χ0) is 14.5. The number of hydrogen-bond acceptors (Lipinski definition) is 4. The molecule has 2 N–H and O–H groups in total. The second-order valence-electron chi connectivity index (χ2n) is 5.00. The number of nitrogens with one attached hydrogen (secondary N) is 2. The van der Waals surface area contributed by atoms with E-state index >= 15 is 0 Å². The van der Waals surface area contributed by atoms with E-state index in [1.807, 2.05) is 11.8 Å². The molecule has 1 aromatic rings. The highest BCUT2D eigenvalue weighted by molar-refractivity contribution is 7.99. The molecule has 2 rings (SSSR count). The molecule has 4 nitrogen and oxygen atoms in total. The van der Waals surface area contributed by atoms with E-state index in [4.69, 9.17) is 11.6 Å². The van der Waals surface area contributed by atoms with Crippen LogP contribution in [0, 0.1) is 0 Å². The highest BCUT2D eigenvalue weighted by Crippen LogP contribution is 2.27. The molecule has 1 amide bonds. The number of aromatic nitrogens is 1. The Morgan fingerprint density at radius 3 is 2.65 bits per heavy atom. The lowest BCUT2D eigenvalue weighted by atomic mass is 9.95. The van der Waals surface area contributed by atoms with Gasteiger partial charge in [0.2, 0.25) is 0 Å². The normalized spacial score (nSPS) is 22.4. The predicted molar refractivity (Wildman–Crippen MR) is 85.8 cm³/mol. The first kappa shape index (κ1) is 15.4. The molecule has 20 heavy (non-hydrogen) atoms. The van der Waals surface area contributed by atoms with Crippen molar-refractivity contribution in [1.29, 1.82) is 0 Å². The minimum absolute atomic E-state index is 0.0709. The SMILES string of the molecule is CNc1cc(C(=O)NC2CCC(SC)CC2)cc(Cl)n1. The fourth-order valence-corrected chi connectivity index (χ4v) is 3.42. The van der Waals surface area contributed by atoms with E-state index in [-0.39, 0.29) is 11.9 Å². The van der Waals surface area contributed by atoms with Gasteiger partial charge in [-0.2, -0.15) is 11.8 Å². The van der Waals surface area contributed by atoms with Gasteiger partial charge in [0.15, 0.2) is 0 Å². The van der Waals surface area contributed by atoms with E-state index in [9.17, 15) is 4.79 Å². The molecule has 0 aliphatic heterocycles. The van der Waals surface area contributed by atoms with Crippen LogP contribution in [0.5, 0.6) is 0 Å². The number of hydrogen-bond donors (Lipinski definition) is 2. The van der Waals surface area contributed by atoms with E-state index in [0.29, 0.717) is 16.5 Å². The molecule has 0 bridgehead atoms. The summed E-state index contributed by atoms with van der Waals surface area (Å²) in [6.07, 6.45) is 6.60. The van der Waals surface area contributed by atoms with Crippen molar-refractivity contribution in [3.8, 4) is 0 Å². The maximum atomic E-state index is 12.3. The van der Waals surface area contributed by atoms with E-state index in [0.717, 1.165) is 18.1 Å². The number of pyridine rings is 1. The smallest absolute Gasteiger partial charge is 0.251 e. The average Bonchev–Trinajstić information content (AvgIpc) is 2.47. The monoisotopic (exact) mass is 313 g/mol. The quantitative estimate of drug-likeness (QED) is 0.838. The van der Waals surface area contributed by atoms with E-state index in [1.54, 1.807) is 19.2 Å². The van der Waals surface area contributed by atoms with Gasteiger partial charge >= 0.3 is 0 Å². The molecule has 6 heteroatoms. The Hall–Kier alpha value is -0.940. The van der Waals surface area contributed by atoms with E-state index < -0.39 is 0 Å². The van der Waals surface area contributed by atoms with Crippen LogP contribution in [0.25, 0.3) is 0 Å². The predicted octanol–water partition coefficient (Wildman–Crippen LogP) is 3.18. The summed E-state index contributed by atoms with van der Waals surface area (Å²) in [6, 6.07) is 3.59. The molecule has 0 radical (unpaired) electrons. The summed E-state index contributed by atoms with van der Waals surface area (Å²) < 4.78 is 0. The van der Waals surface area contributed by atoms with Gasteiger partial charge in [0.05, 0.1) is 0 Å². The standard InChI is InChI=1S/C14H20ClN3OS/c1-16-13-8-9(7-12(15)18-13)14(19)17-10-3-5-11(20-2)6-4-10/h7-8,10-11H,3-6H2,1-2H3,(H,16,18)(H,17,19). The molecular formula is C14H20ClN3OS. The van der Waals surface area contributed by atoms with Gasteiger partial charge < -0.3 is 10.6 Å². The van der Waals surface area contributed by atoms with Crippen molar-refractivity contribution in [2.24, 2.45) is 0 Å². The van der Waals surface area contributed by atoms with Gasteiger partial charge in [-0.25, -0.2) is 4.98 Å². The number of nitrogens with zero attached hydrogens (tertiary/aromatic N) is 1. The number of carbonyl (C=O) groups is 1. The molecule has 0 atom stereocenters. The van der Waals surface area contributed by atoms with Crippen LogP contribution in [0.4, 0.5) is 5.82 Å². The highest BCUT2D eigenvalue weighted by atomic mass is 35.5. The van der Waals surface area contributed by atoms with Crippen molar-refractivity contribution in [3.63, 3.8) is 0 Å². The molecular weight excluding hydrogens is 294 g/mol. The highest BCUT2D eigenvalue weighted by Gasteiger charge is 2.22. The summed E-state index contributed by atoms with van der Waals surface area (Å²) in [7, 11) is 1.75. The van der Waals surface area contributed by atoms with Crippen LogP contribution in [0.3, 0.4) is 0 Å². The second kappa shape index (κ2) is 7.18. The number of anilines is 1. The van der Waals surface area contributed by atoms with Crippen molar-refractivity contribution in [1.82, 2.24) is 10.3 Å². The molecule has 0 unspecified atom stereocenters. The van der Waals surface area contributed by atoms with Crippen LogP contribution in [0.1, 0.15) is 36.0 Å². The molecule has 1 aliphatic carbocycles. The van der Waals surface area contributed by atoms with Crippen LogP contribution >= 0.6 is 23.4 Å². The summed E-state index contributed by atoms with van der Waals surface area (Å²) in [5.41, 5.74) is 0.557. The Morgan fingerprint density at radius 2 is 2.05 bits per heavy atom. The zero-order valence-corrected chi connectivity index (χ0v) is 13.4. The van der Waals surface area contributed by atoms with Crippen molar-refractivity contribution < 1.29 is 4.79 Å². The third-order valence-corrected chi connectivity index (χ3v) is 4.99. The summed E-state index contributed by atoms with van der Waals surface area (Å²) in [4.78, 5) is 16.3. The maximum Gasteiger partial charge on any atom is 0.251 e. The van der Waals surface area contributed by atoms with Crippen LogP contribution in [0.2, 0.25) is 5.15 Å². The number of thioether (sulfide) groups is 1. The van der Waals surface area contributed by atoms with Crippen molar-refractivity contribution in [3.05, 3.63) is 22.8 Å². The van der Waals surface area contributed by atoms with Crippen LogP contribution in [-0.2, 0) is 0 Å². The third kappa shape index (κ3) is 4.03. The van der Waals surface area contributed by atoms with Crippen LogP contribution in [-0.4, -0.2) is 35.5 Å². The van der Waals surface area contributed by atoms with Gasteiger partial charge in [-0.3, -0.25) is 4.79 Å². The molecule has 110 valence electrons. The second-order valence-corrected chi connectivity index (χ2v) is 6.52. The largest absolute Gasteiger partial charge is 0.373 e. The maximum absolute atomic E-state index is 12.3. The summed E-state index contributed by atoms with van der Waals surface area (Å²) >= 11 is 7.84. The van der Waals surface area contributed by atoms with E-state index in [2.05, 4.69) is 21.9 Å². The number of amides is 1. The fraction of sp³-hybridized carbons (Fsp3) is 0.571. The van der Waals surface area contributed by atoms with Gasteiger partial charge in [0.25, 0.3) is 5.91 Å². The number of halogens is 1. The minimum Gasteiger partial charge on any atom is -0.373 e. The third-order valence-electron chi connectivity index (χ3n) is 3.66. The molecule has 0 spiro atoms. The Bertz CT molecular complexity index is 475. The first-order valence-corrected chi connectivity index (χ1v) is 8.48. The van der Waals surface area contributed by atoms with Gasteiger partial charge in [-0.05, 0) is 44.1 Å². The molecule has 0 saturated heterocycles. The van der Waals surface area contributed by atoms with Crippen molar-refractivity contribution >= 4 is 35.1 Å². The lowest BCUT2D eigenvalue weighted by Gasteiger charge is -2.28. The average molecular weight is 314 g/mol. The number of rotatable bonds is 4. The first-order valence-electron chi connectivity index (χ1n) is 6.81. The van der Waals surface area contributed by atoms with Gasteiger partial charge in [-0.15, -0.1) is 0 Å². The lowest BCUT2D eigenvalue weighted by molar-refractivity contribution is 0.0928. The fourth-order valence-electron chi connectivity index (χ4n) is 2.47. The molecule has 1 aliphatic rings. The zero-order valence-electron chi connectivity index (χ0n) is 11.8. The van der Waals surface area contributed by atoms with Crippen molar-refractivity contribution in [2.75, 3.05) is 18.6 Å². The first-order chi connectivity index (χ1) is 9.62. The van der Waals surface area contributed by atoms with Crippen molar-refractivity contribution in [2.45, 2.75) is 37.0 Å². The van der Waals surface area contributed by atoms with Gasteiger partial charge in [0.1, 0.15) is 11.0 Å². The van der Waals surface area contributed by atoms with Crippen LogP contribution in [0.15, 0.2) is 12.1 Å². The topological polar surface area (TPSA) is 54.0 Å². The molecule has 0 aromatic carbocycles. The Kier molecular flexibility index (Phi) is 5.54. The minimum atomic E-state index is -0.0709. The molecule has 1 saturated carbocycles.